The minimum absolute atomic E-state index is 0.219. The number of rotatable bonds is 0. The molecule has 0 saturated carbocycles. The summed E-state index contributed by atoms with van der Waals surface area (Å²) in [5.74, 6) is -0.219. The molecule has 0 amide bonds. The minimum atomic E-state index is -0.553. The van der Waals surface area contributed by atoms with E-state index in [2.05, 4.69) is 13.0 Å². The fourth-order valence-electron chi connectivity index (χ4n) is 2.57. The fraction of sp³-hybridized carbons (Fsp3) is 0.267. The van der Waals surface area contributed by atoms with Crippen LogP contribution in [-0.2, 0) is 10.3 Å². The molecule has 0 atom stereocenters. The molecule has 86 valence electrons. The van der Waals surface area contributed by atoms with Gasteiger partial charge in [0.25, 0.3) is 0 Å². The number of cyclic esters (lactones) is 1. The number of hydrogen-bond donors (Lipinski definition) is 0. The van der Waals surface area contributed by atoms with Crippen molar-refractivity contribution in [1.29, 1.82) is 0 Å². The van der Waals surface area contributed by atoms with Crippen LogP contribution < -0.4 is 0 Å². The predicted molar refractivity (Wildman–Crippen MR) is 66.2 cm³/mol. The fourth-order valence-corrected chi connectivity index (χ4v) is 2.57. The summed E-state index contributed by atoms with van der Waals surface area (Å²) in [4.78, 5) is 11.9. The molecule has 0 saturated heterocycles. The Morgan fingerprint density at radius 3 is 2.53 bits per heavy atom. The highest BCUT2D eigenvalue weighted by Gasteiger charge is 2.37. The molecule has 1 aliphatic heterocycles. The first kappa shape index (κ1) is 10.3. The quantitative estimate of drug-likeness (QED) is 0.642. The van der Waals surface area contributed by atoms with E-state index in [-0.39, 0.29) is 5.97 Å². The van der Waals surface area contributed by atoms with Gasteiger partial charge < -0.3 is 4.74 Å². The second-order valence-corrected chi connectivity index (χ2v) is 5.06. The zero-order valence-corrected chi connectivity index (χ0v) is 10.2. The Hall–Kier alpha value is -1.83. The topological polar surface area (TPSA) is 26.3 Å². The molecule has 2 nitrogen and oxygen atoms in total. The van der Waals surface area contributed by atoms with Gasteiger partial charge in [0.15, 0.2) is 0 Å². The molecule has 17 heavy (non-hydrogen) atoms. The third-order valence-electron chi connectivity index (χ3n) is 3.48. The lowest BCUT2D eigenvalue weighted by Gasteiger charge is -2.31. The highest BCUT2D eigenvalue weighted by atomic mass is 16.6. The molecule has 3 rings (SSSR count). The van der Waals surface area contributed by atoms with E-state index in [1.54, 1.807) is 0 Å². The molecule has 2 heteroatoms. The average molecular weight is 226 g/mol. The van der Waals surface area contributed by atoms with Gasteiger partial charge in [-0.3, -0.25) is 0 Å². The normalized spacial score (nSPS) is 17.0. The number of carbonyl (C=O) groups excluding carboxylic acids is 1. The molecular formula is C15H14O2. The Morgan fingerprint density at radius 1 is 1.06 bits per heavy atom. The van der Waals surface area contributed by atoms with E-state index < -0.39 is 5.60 Å². The maximum absolute atomic E-state index is 11.9. The van der Waals surface area contributed by atoms with Crippen LogP contribution >= 0.6 is 0 Å². The first-order valence-corrected chi connectivity index (χ1v) is 5.77. The standard InChI is InChI=1S/C15H14O2/c1-9-5-4-6-12-13-10(9)7-8-11(13)14(16)17-15(12,2)3/h4-8H,1-3H3. The maximum atomic E-state index is 11.9. The number of esters is 1. The van der Waals surface area contributed by atoms with Crippen molar-refractivity contribution in [1.82, 2.24) is 0 Å². The lowest BCUT2D eigenvalue weighted by Crippen LogP contribution is -2.30. The number of carbonyl (C=O) groups is 1. The smallest absolute Gasteiger partial charge is 0.339 e. The van der Waals surface area contributed by atoms with Gasteiger partial charge in [-0.2, -0.15) is 0 Å². The molecule has 0 bridgehead atoms. The first-order chi connectivity index (χ1) is 8.00. The van der Waals surface area contributed by atoms with E-state index >= 15 is 0 Å². The van der Waals surface area contributed by atoms with Gasteiger partial charge in [-0.05, 0) is 38.0 Å². The van der Waals surface area contributed by atoms with Gasteiger partial charge in [-0.15, -0.1) is 0 Å². The third-order valence-corrected chi connectivity index (χ3v) is 3.48. The molecule has 2 aliphatic carbocycles. The summed E-state index contributed by atoms with van der Waals surface area (Å²) < 4.78 is 5.49. The lowest BCUT2D eigenvalue weighted by molar-refractivity contribution is -0.00567. The molecule has 0 aromatic rings. The molecule has 0 radical (unpaired) electrons. The van der Waals surface area contributed by atoms with Crippen molar-refractivity contribution in [2.24, 2.45) is 0 Å². The van der Waals surface area contributed by atoms with Gasteiger partial charge in [0.2, 0.25) is 0 Å². The lowest BCUT2D eigenvalue weighted by atomic mass is 9.88. The van der Waals surface area contributed by atoms with E-state index in [4.69, 9.17) is 4.74 Å². The summed E-state index contributed by atoms with van der Waals surface area (Å²) >= 11 is 0. The van der Waals surface area contributed by atoms with Crippen LogP contribution in [0.1, 0.15) is 35.3 Å². The zero-order valence-electron chi connectivity index (χ0n) is 10.2. The predicted octanol–water partition coefficient (Wildman–Crippen LogP) is 3.51. The van der Waals surface area contributed by atoms with Crippen LogP contribution in [0.15, 0.2) is 30.3 Å². The molecule has 0 N–H and O–H groups in total. The molecule has 0 unspecified atom stereocenters. The summed E-state index contributed by atoms with van der Waals surface area (Å²) in [6, 6.07) is 10.0. The van der Waals surface area contributed by atoms with Crippen LogP contribution in [0.4, 0.5) is 0 Å². The van der Waals surface area contributed by atoms with E-state index in [0.717, 1.165) is 16.7 Å². The minimum Gasteiger partial charge on any atom is -0.451 e. The van der Waals surface area contributed by atoms with E-state index in [1.165, 1.54) is 5.56 Å². The van der Waals surface area contributed by atoms with Crippen molar-refractivity contribution in [2.75, 3.05) is 0 Å². The van der Waals surface area contributed by atoms with Crippen LogP contribution in [0, 0.1) is 6.92 Å². The highest BCUT2D eigenvalue weighted by Crippen LogP contribution is 2.43. The van der Waals surface area contributed by atoms with E-state index in [9.17, 15) is 4.79 Å². The zero-order chi connectivity index (χ0) is 12.2. The summed E-state index contributed by atoms with van der Waals surface area (Å²) in [6.07, 6.45) is 0. The van der Waals surface area contributed by atoms with Gasteiger partial charge in [0.05, 0.1) is 5.56 Å². The van der Waals surface area contributed by atoms with Crippen molar-refractivity contribution in [2.45, 2.75) is 26.4 Å². The molecule has 1 heterocycles. The molecule has 0 spiro atoms. The van der Waals surface area contributed by atoms with Crippen LogP contribution in [0.2, 0.25) is 0 Å². The highest BCUT2D eigenvalue weighted by molar-refractivity contribution is 6.02. The van der Waals surface area contributed by atoms with Gasteiger partial charge >= 0.3 is 5.97 Å². The second-order valence-electron chi connectivity index (χ2n) is 5.06. The molecule has 0 aromatic carbocycles. The SMILES string of the molecule is Cc1cccc2c3c(ccc1-3)C(=O)OC2(C)C. The van der Waals surface area contributed by atoms with E-state index in [0.29, 0.717) is 5.56 Å². The summed E-state index contributed by atoms with van der Waals surface area (Å²) in [5, 5.41) is 0. The summed E-state index contributed by atoms with van der Waals surface area (Å²) in [5.41, 5.74) is 4.60. The van der Waals surface area contributed by atoms with Gasteiger partial charge in [0.1, 0.15) is 5.60 Å². The Kier molecular flexibility index (Phi) is 1.88. The molecule has 0 aromatic heterocycles. The Balaban J connectivity index is 2.45. The van der Waals surface area contributed by atoms with Crippen LogP contribution in [0.5, 0.6) is 0 Å². The van der Waals surface area contributed by atoms with Crippen molar-refractivity contribution >= 4 is 5.97 Å². The average Bonchev–Trinajstić information content (AvgIpc) is 2.59. The Labute approximate surface area is 101 Å². The van der Waals surface area contributed by atoms with Crippen molar-refractivity contribution < 1.29 is 9.53 Å². The van der Waals surface area contributed by atoms with E-state index in [1.807, 2.05) is 38.1 Å². The Bertz CT molecular complexity index is 596. The third kappa shape index (κ3) is 1.30. The largest absolute Gasteiger partial charge is 0.451 e. The summed E-state index contributed by atoms with van der Waals surface area (Å²) in [7, 11) is 0. The van der Waals surface area contributed by atoms with Crippen molar-refractivity contribution in [3.05, 3.63) is 47.0 Å². The monoisotopic (exact) mass is 226 g/mol. The maximum Gasteiger partial charge on any atom is 0.339 e. The van der Waals surface area contributed by atoms with Crippen LogP contribution in [0.3, 0.4) is 0 Å². The van der Waals surface area contributed by atoms with Gasteiger partial charge in [-0.1, -0.05) is 24.3 Å². The first-order valence-electron chi connectivity index (χ1n) is 5.77. The number of ether oxygens (including phenoxy) is 1. The van der Waals surface area contributed by atoms with Gasteiger partial charge in [0, 0.05) is 11.1 Å². The molecule has 0 fully saturated rings. The summed E-state index contributed by atoms with van der Waals surface area (Å²) in [6.45, 7) is 5.94. The van der Waals surface area contributed by atoms with Crippen LogP contribution in [0.25, 0.3) is 11.1 Å². The van der Waals surface area contributed by atoms with Gasteiger partial charge in [-0.25, -0.2) is 4.79 Å². The number of hydrogen-bond acceptors (Lipinski definition) is 2. The van der Waals surface area contributed by atoms with Crippen molar-refractivity contribution in [3.8, 4) is 11.1 Å². The van der Waals surface area contributed by atoms with Crippen molar-refractivity contribution in [3.63, 3.8) is 0 Å². The molecular weight excluding hydrogens is 212 g/mol. The van der Waals surface area contributed by atoms with Crippen LogP contribution in [-0.4, -0.2) is 5.97 Å². The number of aryl methyl sites for hydroxylation is 1. The Morgan fingerprint density at radius 2 is 1.76 bits per heavy atom. The second kappa shape index (κ2) is 3.10. The molecule has 3 aliphatic rings.